The van der Waals surface area contributed by atoms with E-state index in [9.17, 15) is 15.0 Å². The molecule has 1 heterocycles. The number of rotatable bonds is 5. The quantitative estimate of drug-likeness (QED) is 0.667. The van der Waals surface area contributed by atoms with Crippen molar-refractivity contribution in [1.82, 2.24) is 10.3 Å². The first-order valence-corrected chi connectivity index (χ1v) is 7.91. The lowest BCUT2D eigenvalue weighted by atomic mass is 10.0. The molecule has 0 aliphatic carbocycles. The summed E-state index contributed by atoms with van der Waals surface area (Å²) >= 11 is 9.13. The van der Waals surface area contributed by atoms with Crippen LogP contribution in [-0.4, -0.2) is 39.5 Å². The third-order valence-corrected chi connectivity index (χ3v) is 3.37. The maximum absolute atomic E-state index is 11.5. The lowest BCUT2D eigenvalue weighted by Crippen LogP contribution is -2.34. The molecule has 0 radical (unpaired) electrons. The molecule has 1 amide bonds. The molecule has 124 valence electrons. The van der Waals surface area contributed by atoms with E-state index >= 15 is 0 Å². The number of halogens is 2. The van der Waals surface area contributed by atoms with E-state index in [1.807, 2.05) is 0 Å². The Kier molecular flexibility index (Phi) is 7.05. The predicted molar refractivity (Wildman–Crippen MR) is 86.8 cm³/mol. The van der Waals surface area contributed by atoms with Crippen LogP contribution in [0, 0.1) is 0 Å². The molecule has 22 heavy (non-hydrogen) atoms. The number of nitrogens with zero attached hydrogens (tertiary/aromatic N) is 1. The molecule has 3 N–H and O–H groups in total. The van der Waals surface area contributed by atoms with Gasteiger partial charge in [0.2, 0.25) is 0 Å². The van der Waals surface area contributed by atoms with E-state index in [-0.39, 0.29) is 18.1 Å². The van der Waals surface area contributed by atoms with Gasteiger partial charge in [-0.15, -0.1) is 0 Å². The average molecular weight is 396 g/mol. The number of carbonyl (C=O) groups is 1. The van der Waals surface area contributed by atoms with Crippen molar-refractivity contribution in [2.75, 3.05) is 6.54 Å². The molecule has 6 nitrogen and oxygen atoms in total. The van der Waals surface area contributed by atoms with Gasteiger partial charge in [-0.25, -0.2) is 9.78 Å². The number of aliphatic hydroxyl groups excluding tert-OH is 2. The predicted octanol–water partition coefficient (Wildman–Crippen LogP) is 2.81. The third-order valence-electron chi connectivity index (χ3n) is 2.62. The normalized spacial score (nSPS) is 14.3. The second-order valence-corrected chi connectivity index (χ2v) is 7.04. The topological polar surface area (TPSA) is 91.7 Å². The molecule has 0 spiro atoms. The lowest BCUT2D eigenvalue weighted by molar-refractivity contribution is 0.0121. The molecule has 1 rings (SSSR count). The first kappa shape index (κ1) is 19.2. The maximum Gasteiger partial charge on any atom is 0.407 e. The van der Waals surface area contributed by atoms with E-state index in [0.29, 0.717) is 10.0 Å². The Morgan fingerprint density at radius 2 is 2.14 bits per heavy atom. The Balaban J connectivity index is 2.50. The summed E-state index contributed by atoms with van der Waals surface area (Å²) in [6, 6.07) is 1.59. The second-order valence-electron chi connectivity index (χ2n) is 5.76. The van der Waals surface area contributed by atoms with Gasteiger partial charge in [-0.2, -0.15) is 0 Å². The molecule has 0 aromatic carbocycles. The van der Waals surface area contributed by atoms with Crippen LogP contribution in [0.4, 0.5) is 4.79 Å². The molecule has 1 aromatic heterocycles. The van der Waals surface area contributed by atoms with Crippen LogP contribution in [0.3, 0.4) is 0 Å². The van der Waals surface area contributed by atoms with Crippen molar-refractivity contribution < 1.29 is 19.7 Å². The third kappa shape index (κ3) is 6.48. The molecule has 8 heteroatoms. The van der Waals surface area contributed by atoms with E-state index in [0.717, 1.165) is 0 Å². The highest BCUT2D eigenvalue weighted by Gasteiger charge is 2.22. The van der Waals surface area contributed by atoms with E-state index < -0.39 is 23.9 Å². The standard InChI is InChI=1S/C14H20BrClN2O4/c1-14(2,3)22-13(21)17-5-4-10(19)11(20)9-6-8(15)7-18-12(9)16/h6-7,10-11,19-20H,4-5H2,1-3H3,(H,17,21). The molecule has 0 fully saturated rings. The molecule has 0 saturated carbocycles. The number of alkyl carbamates (subject to hydrolysis) is 1. The monoisotopic (exact) mass is 394 g/mol. The number of ether oxygens (including phenoxy) is 1. The number of carbonyl (C=O) groups excluding carboxylic acids is 1. The molecule has 0 aliphatic heterocycles. The van der Waals surface area contributed by atoms with Gasteiger partial charge in [-0.3, -0.25) is 0 Å². The number of hydrogen-bond acceptors (Lipinski definition) is 5. The zero-order valence-corrected chi connectivity index (χ0v) is 15.0. The van der Waals surface area contributed by atoms with Gasteiger partial charge in [-0.1, -0.05) is 11.6 Å². The van der Waals surface area contributed by atoms with Gasteiger partial charge in [0.15, 0.2) is 0 Å². The Labute approximate surface area is 143 Å². The lowest BCUT2D eigenvalue weighted by Gasteiger charge is -2.21. The number of hydrogen-bond donors (Lipinski definition) is 3. The molecule has 0 saturated heterocycles. The smallest absolute Gasteiger partial charge is 0.407 e. The van der Waals surface area contributed by atoms with Crippen LogP contribution < -0.4 is 5.32 Å². The van der Waals surface area contributed by atoms with Crippen molar-refractivity contribution in [2.24, 2.45) is 0 Å². The molecule has 2 atom stereocenters. The molecule has 0 bridgehead atoms. The average Bonchev–Trinajstić information content (AvgIpc) is 2.38. The van der Waals surface area contributed by atoms with Crippen LogP contribution in [0.15, 0.2) is 16.7 Å². The largest absolute Gasteiger partial charge is 0.444 e. The Bertz CT molecular complexity index is 522. The zero-order chi connectivity index (χ0) is 16.9. The number of aliphatic hydroxyl groups is 2. The van der Waals surface area contributed by atoms with Crippen molar-refractivity contribution in [3.8, 4) is 0 Å². The van der Waals surface area contributed by atoms with Crippen molar-refractivity contribution >= 4 is 33.6 Å². The number of pyridine rings is 1. The van der Waals surface area contributed by atoms with Crippen molar-refractivity contribution in [3.05, 3.63) is 27.5 Å². The summed E-state index contributed by atoms with van der Waals surface area (Å²) in [5.74, 6) is 0. The van der Waals surface area contributed by atoms with E-state index in [1.165, 1.54) is 6.20 Å². The Morgan fingerprint density at radius 3 is 2.73 bits per heavy atom. The first-order valence-electron chi connectivity index (χ1n) is 6.74. The summed E-state index contributed by atoms with van der Waals surface area (Å²) in [7, 11) is 0. The van der Waals surface area contributed by atoms with Crippen molar-refractivity contribution in [2.45, 2.75) is 45.0 Å². The molecular weight excluding hydrogens is 376 g/mol. The summed E-state index contributed by atoms with van der Waals surface area (Å²) < 4.78 is 5.71. The molecule has 0 aliphatic rings. The fourth-order valence-electron chi connectivity index (χ4n) is 1.65. The maximum atomic E-state index is 11.5. The summed E-state index contributed by atoms with van der Waals surface area (Å²) in [4.78, 5) is 15.4. The highest BCUT2D eigenvalue weighted by molar-refractivity contribution is 9.10. The minimum atomic E-state index is -1.20. The molecule has 2 unspecified atom stereocenters. The highest BCUT2D eigenvalue weighted by atomic mass is 79.9. The minimum absolute atomic E-state index is 0.120. The van der Waals surface area contributed by atoms with Crippen LogP contribution in [0.5, 0.6) is 0 Å². The Hall–Kier alpha value is -0.890. The first-order chi connectivity index (χ1) is 10.1. The van der Waals surface area contributed by atoms with Crippen LogP contribution >= 0.6 is 27.5 Å². The molecule has 1 aromatic rings. The van der Waals surface area contributed by atoms with Crippen LogP contribution in [0.25, 0.3) is 0 Å². The van der Waals surface area contributed by atoms with Gasteiger partial charge in [0, 0.05) is 22.8 Å². The van der Waals surface area contributed by atoms with Crippen molar-refractivity contribution in [3.63, 3.8) is 0 Å². The molecular formula is C14H20BrClN2O4. The van der Waals surface area contributed by atoms with Gasteiger partial charge in [-0.05, 0) is 49.2 Å². The number of aromatic nitrogens is 1. The Morgan fingerprint density at radius 1 is 1.50 bits per heavy atom. The van der Waals surface area contributed by atoms with Crippen LogP contribution in [0.2, 0.25) is 5.15 Å². The van der Waals surface area contributed by atoms with Gasteiger partial charge < -0.3 is 20.3 Å². The zero-order valence-electron chi connectivity index (χ0n) is 12.6. The van der Waals surface area contributed by atoms with E-state index in [2.05, 4.69) is 26.2 Å². The van der Waals surface area contributed by atoms with E-state index in [4.69, 9.17) is 16.3 Å². The van der Waals surface area contributed by atoms with Gasteiger partial charge >= 0.3 is 6.09 Å². The summed E-state index contributed by atoms with van der Waals surface area (Å²) in [6.07, 6.45) is -1.23. The number of nitrogens with one attached hydrogen (secondary N) is 1. The summed E-state index contributed by atoms with van der Waals surface area (Å²) in [6.45, 7) is 5.43. The second kappa shape index (κ2) is 8.10. The summed E-state index contributed by atoms with van der Waals surface area (Å²) in [5, 5.41) is 22.7. The van der Waals surface area contributed by atoms with Crippen LogP contribution in [0.1, 0.15) is 38.9 Å². The van der Waals surface area contributed by atoms with Gasteiger partial charge in [0.25, 0.3) is 0 Å². The van der Waals surface area contributed by atoms with Gasteiger partial charge in [0.05, 0.1) is 6.10 Å². The van der Waals surface area contributed by atoms with E-state index in [1.54, 1.807) is 26.8 Å². The van der Waals surface area contributed by atoms with Gasteiger partial charge in [0.1, 0.15) is 16.9 Å². The van der Waals surface area contributed by atoms with Crippen molar-refractivity contribution in [1.29, 1.82) is 0 Å². The van der Waals surface area contributed by atoms with Crippen LogP contribution in [-0.2, 0) is 4.74 Å². The SMILES string of the molecule is CC(C)(C)OC(=O)NCCC(O)C(O)c1cc(Br)cnc1Cl. The fourth-order valence-corrected chi connectivity index (χ4v) is 2.21. The fraction of sp³-hybridized carbons (Fsp3) is 0.571. The highest BCUT2D eigenvalue weighted by Crippen LogP contribution is 2.27. The summed E-state index contributed by atoms with van der Waals surface area (Å²) in [5.41, 5.74) is -0.265. The minimum Gasteiger partial charge on any atom is -0.444 e. The number of amides is 1.